The maximum atomic E-state index is 11.8. The molecule has 2 unspecified atom stereocenters. The monoisotopic (exact) mass is 354 g/mol. The molecular formula is C18H27ClN2O3. The van der Waals surface area contributed by atoms with E-state index < -0.39 is 12.1 Å². The highest BCUT2D eigenvalue weighted by molar-refractivity contribution is 6.30. The molecule has 1 aromatic rings. The minimum atomic E-state index is -0.989. The summed E-state index contributed by atoms with van der Waals surface area (Å²) in [6.45, 7) is 2.36. The second kappa shape index (κ2) is 11.9. The number of amides is 2. The number of hydrogen-bond acceptors (Lipinski definition) is 3. The minimum absolute atomic E-state index is 0.352. The number of carbonyl (C=O) groups excluding carboxylic acids is 1. The third-order valence-corrected chi connectivity index (χ3v) is 3.85. The van der Waals surface area contributed by atoms with E-state index in [1.807, 2.05) is 12.1 Å². The number of aliphatic hydroxyl groups excluding tert-OH is 2. The third kappa shape index (κ3) is 8.34. The van der Waals surface area contributed by atoms with Crippen LogP contribution in [0.5, 0.6) is 0 Å². The van der Waals surface area contributed by atoms with Crippen molar-refractivity contribution in [2.24, 2.45) is 0 Å². The zero-order valence-electron chi connectivity index (χ0n) is 14.0. The fourth-order valence-corrected chi connectivity index (χ4v) is 2.26. The standard InChI is InChI=1S/C18H27ClN2O3/c1-2-3-4-5-12-20-18(24)21-16(13-22)17(23)11-8-14-6-9-15(19)10-7-14/h6-11,16-17,22-23H,2-5,12-13H2,1H3,(H2,20,21,24). The summed E-state index contributed by atoms with van der Waals surface area (Å²) in [7, 11) is 0. The van der Waals surface area contributed by atoms with Crippen LogP contribution in [0.1, 0.15) is 38.2 Å². The second-order valence-corrected chi connectivity index (χ2v) is 6.09. The number of urea groups is 1. The highest BCUT2D eigenvalue weighted by Crippen LogP contribution is 2.11. The second-order valence-electron chi connectivity index (χ2n) is 5.65. The average Bonchev–Trinajstić information content (AvgIpc) is 2.58. The molecule has 2 atom stereocenters. The molecular weight excluding hydrogens is 328 g/mol. The Labute approximate surface area is 148 Å². The van der Waals surface area contributed by atoms with E-state index in [-0.39, 0.29) is 12.6 Å². The molecule has 24 heavy (non-hydrogen) atoms. The average molecular weight is 355 g/mol. The van der Waals surface area contributed by atoms with Crippen LogP contribution < -0.4 is 10.6 Å². The van der Waals surface area contributed by atoms with E-state index in [2.05, 4.69) is 17.6 Å². The van der Waals surface area contributed by atoms with Crippen LogP contribution >= 0.6 is 11.6 Å². The van der Waals surface area contributed by atoms with Crippen molar-refractivity contribution in [3.8, 4) is 0 Å². The first-order valence-electron chi connectivity index (χ1n) is 8.34. The van der Waals surface area contributed by atoms with Crippen LogP contribution in [0.15, 0.2) is 30.3 Å². The maximum absolute atomic E-state index is 11.8. The van der Waals surface area contributed by atoms with Gasteiger partial charge in [-0.15, -0.1) is 0 Å². The summed E-state index contributed by atoms with van der Waals surface area (Å²) in [5.74, 6) is 0. The van der Waals surface area contributed by atoms with Gasteiger partial charge in [0.2, 0.25) is 0 Å². The van der Waals surface area contributed by atoms with Crippen molar-refractivity contribution < 1.29 is 15.0 Å². The topological polar surface area (TPSA) is 81.6 Å². The molecule has 0 saturated heterocycles. The van der Waals surface area contributed by atoms with Crippen molar-refractivity contribution in [1.29, 1.82) is 0 Å². The van der Waals surface area contributed by atoms with Gasteiger partial charge in [-0.3, -0.25) is 0 Å². The molecule has 0 fully saturated rings. The lowest BCUT2D eigenvalue weighted by Crippen LogP contribution is -2.49. The number of benzene rings is 1. The summed E-state index contributed by atoms with van der Waals surface area (Å²) in [5, 5.41) is 25.4. The summed E-state index contributed by atoms with van der Waals surface area (Å²) >= 11 is 5.81. The predicted octanol–water partition coefficient (Wildman–Crippen LogP) is 2.95. The Balaban J connectivity index is 2.40. The minimum Gasteiger partial charge on any atom is -0.394 e. The Hall–Kier alpha value is -1.56. The molecule has 0 heterocycles. The summed E-state index contributed by atoms with van der Waals surface area (Å²) < 4.78 is 0. The van der Waals surface area contributed by atoms with Crippen molar-refractivity contribution >= 4 is 23.7 Å². The van der Waals surface area contributed by atoms with Crippen LogP contribution in [-0.2, 0) is 0 Å². The zero-order chi connectivity index (χ0) is 17.8. The first kappa shape index (κ1) is 20.5. The summed E-state index contributed by atoms with van der Waals surface area (Å²) in [6.07, 6.45) is 6.55. The highest BCUT2D eigenvalue weighted by atomic mass is 35.5. The van der Waals surface area contributed by atoms with Gasteiger partial charge in [-0.1, -0.05) is 62.1 Å². The molecule has 2 amide bonds. The van der Waals surface area contributed by atoms with Gasteiger partial charge in [0.25, 0.3) is 0 Å². The Kier molecular flexibility index (Phi) is 10.2. The lowest BCUT2D eigenvalue weighted by molar-refractivity contribution is 0.126. The van der Waals surface area contributed by atoms with Gasteiger partial charge in [-0.2, -0.15) is 0 Å². The van der Waals surface area contributed by atoms with Crippen LogP contribution in [-0.4, -0.2) is 41.5 Å². The van der Waals surface area contributed by atoms with E-state index in [9.17, 15) is 15.0 Å². The smallest absolute Gasteiger partial charge is 0.315 e. The number of aliphatic hydroxyl groups is 2. The lowest BCUT2D eigenvalue weighted by Gasteiger charge is -2.20. The van der Waals surface area contributed by atoms with E-state index in [1.54, 1.807) is 18.2 Å². The number of unbranched alkanes of at least 4 members (excludes halogenated alkanes) is 3. The van der Waals surface area contributed by atoms with Gasteiger partial charge >= 0.3 is 6.03 Å². The Morgan fingerprint density at radius 1 is 1.25 bits per heavy atom. The SMILES string of the molecule is CCCCCCNC(=O)NC(CO)C(O)C=Cc1ccc(Cl)cc1. The molecule has 6 heteroatoms. The van der Waals surface area contributed by atoms with Crippen LogP contribution in [0.2, 0.25) is 5.02 Å². The third-order valence-electron chi connectivity index (χ3n) is 3.60. The van der Waals surface area contributed by atoms with Crippen molar-refractivity contribution in [3.05, 3.63) is 40.9 Å². The molecule has 4 N–H and O–H groups in total. The highest BCUT2D eigenvalue weighted by Gasteiger charge is 2.17. The lowest BCUT2D eigenvalue weighted by atomic mass is 10.1. The molecule has 1 aromatic carbocycles. The molecule has 0 aliphatic carbocycles. The molecule has 0 aromatic heterocycles. The van der Waals surface area contributed by atoms with Gasteiger partial charge < -0.3 is 20.8 Å². The Morgan fingerprint density at radius 2 is 1.96 bits per heavy atom. The van der Waals surface area contributed by atoms with Crippen molar-refractivity contribution in [1.82, 2.24) is 10.6 Å². The number of hydrogen-bond donors (Lipinski definition) is 4. The molecule has 0 aliphatic heterocycles. The molecule has 1 rings (SSSR count). The number of halogens is 1. The van der Waals surface area contributed by atoms with Crippen molar-refractivity contribution in [2.75, 3.05) is 13.2 Å². The van der Waals surface area contributed by atoms with Gasteiger partial charge in [0.05, 0.1) is 18.8 Å². The number of carbonyl (C=O) groups is 1. The van der Waals surface area contributed by atoms with E-state index in [0.29, 0.717) is 11.6 Å². The van der Waals surface area contributed by atoms with Crippen LogP contribution in [0.25, 0.3) is 6.08 Å². The van der Waals surface area contributed by atoms with Crippen molar-refractivity contribution in [2.45, 2.75) is 44.8 Å². The van der Waals surface area contributed by atoms with E-state index in [4.69, 9.17) is 11.6 Å². The molecule has 0 aliphatic rings. The van der Waals surface area contributed by atoms with E-state index in [1.165, 1.54) is 6.08 Å². The fraction of sp³-hybridized carbons (Fsp3) is 0.500. The first-order valence-corrected chi connectivity index (χ1v) is 8.71. The Bertz CT molecular complexity index is 505. The molecule has 134 valence electrons. The first-order chi connectivity index (χ1) is 11.6. The number of rotatable bonds is 10. The molecule has 0 spiro atoms. The van der Waals surface area contributed by atoms with Gasteiger partial charge in [0, 0.05) is 11.6 Å². The van der Waals surface area contributed by atoms with E-state index >= 15 is 0 Å². The normalized spacial score (nSPS) is 13.7. The molecule has 0 radical (unpaired) electrons. The van der Waals surface area contributed by atoms with Gasteiger partial charge in [-0.25, -0.2) is 4.79 Å². The van der Waals surface area contributed by atoms with E-state index in [0.717, 1.165) is 31.2 Å². The van der Waals surface area contributed by atoms with Gasteiger partial charge in [0.1, 0.15) is 0 Å². The predicted molar refractivity (Wildman–Crippen MR) is 98.0 cm³/mol. The molecule has 5 nitrogen and oxygen atoms in total. The van der Waals surface area contributed by atoms with Gasteiger partial charge in [0.15, 0.2) is 0 Å². The van der Waals surface area contributed by atoms with Crippen LogP contribution in [0, 0.1) is 0 Å². The zero-order valence-corrected chi connectivity index (χ0v) is 14.8. The van der Waals surface area contributed by atoms with Crippen LogP contribution in [0.3, 0.4) is 0 Å². The van der Waals surface area contributed by atoms with Crippen molar-refractivity contribution in [3.63, 3.8) is 0 Å². The summed E-state index contributed by atoms with van der Waals surface area (Å²) in [4.78, 5) is 11.8. The Morgan fingerprint density at radius 3 is 2.58 bits per heavy atom. The summed E-state index contributed by atoms with van der Waals surface area (Å²) in [6, 6.07) is 5.99. The van der Waals surface area contributed by atoms with Crippen LogP contribution in [0.4, 0.5) is 4.79 Å². The summed E-state index contributed by atoms with van der Waals surface area (Å²) in [5.41, 5.74) is 0.871. The van der Waals surface area contributed by atoms with Gasteiger partial charge in [-0.05, 0) is 24.1 Å². The quantitative estimate of drug-likeness (QED) is 0.487. The maximum Gasteiger partial charge on any atom is 0.315 e. The number of nitrogens with one attached hydrogen (secondary N) is 2. The largest absolute Gasteiger partial charge is 0.394 e. The molecule has 0 saturated carbocycles. The fourth-order valence-electron chi connectivity index (χ4n) is 2.13. The molecule has 0 bridgehead atoms.